The Hall–Kier alpha value is -0.510. The number of thioether (sulfide) groups is 1. The van der Waals surface area contributed by atoms with Crippen LogP contribution >= 0.6 is 11.8 Å². The van der Waals surface area contributed by atoms with Gasteiger partial charge in [0, 0.05) is 17.3 Å². The van der Waals surface area contributed by atoms with E-state index in [9.17, 15) is 0 Å². The molecule has 0 aliphatic heterocycles. The highest BCUT2D eigenvalue weighted by Crippen LogP contribution is 2.16. The minimum Gasteiger partial charge on any atom is -0.379 e. The summed E-state index contributed by atoms with van der Waals surface area (Å²) in [6, 6.07) is 10.4. The van der Waals surface area contributed by atoms with E-state index in [0.717, 1.165) is 19.0 Å². The summed E-state index contributed by atoms with van der Waals surface area (Å²) >= 11 is 1.82. The summed E-state index contributed by atoms with van der Waals surface area (Å²) in [4.78, 5) is 1.30. The van der Waals surface area contributed by atoms with Gasteiger partial charge in [-0.1, -0.05) is 18.2 Å². The van der Waals surface area contributed by atoms with E-state index >= 15 is 0 Å². The first kappa shape index (κ1) is 12.6. The summed E-state index contributed by atoms with van der Waals surface area (Å²) in [7, 11) is 0. The highest BCUT2D eigenvalue weighted by atomic mass is 32.2. The van der Waals surface area contributed by atoms with Crippen LogP contribution in [-0.4, -0.2) is 32.2 Å². The predicted octanol–water partition coefficient (Wildman–Crippen LogP) is 2.83. The van der Waals surface area contributed by atoms with Gasteiger partial charge in [0.25, 0.3) is 0 Å². The second kappa shape index (κ2) is 8.77. The van der Waals surface area contributed by atoms with Crippen LogP contribution in [0.2, 0.25) is 0 Å². The van der Waals surface area contributed by atoms with Crippen LogP contribution in [0.15, 0.2) is 35.2 Å². The van der Waals surface area contributed by atoms with Crippen LogP contribution in [0.5, 0.6) is 0 Å². The number of hydrogen-bond donors (Lipinski definition) is 0. The Morgan fingerprint density at radius 3 is 2.47 bits per heavy atom. The van der Waals surface area contributed by atoms with Crippen molar-refractivity contribution in [3.05, 3.63) is 30.3 Å². The highest BCUT2D eigenvalue weighted by molar-refractivity contribution is 7.99. The van der Waals surface area contributed by atoms with Gasteiger partial charge in [0.15, 0.2) is 0 Å². The first-order chi connectivity index (χ1) is 7.43. The summed E-state index contributed by atoms with van der Waals surface area (Å²) < 4.78 is 10.6. The van der Waals surface area contributed by atoms with Crippen LogP contribution in [0.25, 0.3) is 0 Å². The molecule has 1 aromatic carbocycles. The van der Waals surface area contributed by atoms with Crippen molar-refractivity contribution in [2.45, 2.75) is 11.8 Å². The smallest absolute Gasteiger partial charge is 0.0700 e. The molecule has 1 rings (SSSR count). The Bertz CT molecular complexity index is 239. The molecule has 0 radical (unpaired) electrons. The van der Waals surface area contributed by atoms with Crippen molar-refractivity contribution >= 4 is 11.8 Å². The lowest BCUT2D eigenvalue weighted by molar-refractivity contribution is 0.0594. The van der Waals surface area contributed by atoms with Gasteiger partial charge >= 0.3 is 0 Å². The molecule has 2 nitrogen and oxygen atoms in total. The van der Waals surface area contributed by atoms with Crippen LogP contribution in [0, 0.1) is 0 Å². The largest absolute Gasteiger partial charge is 0.379 e. The van der Waals surface area contributed by atoms with E-state index in [0.29, 0.717) is 13.2 Å². The van der Waals surface area contributed by atoms with E-state index in [1.54, 1.807) is 0 Å². The van der Waals surface area contributed by atoms with Crippen LogP contribution in [0.1, 0.15) is 6.92 Å². The summed E-state index contributed by atoms with van der Waals surface area (Å²) in [6.07, 6.45) is 0. The monoisotopic (exact) mass is 226 g/mol. The zero-order valence-corrected chi connectivity index (χ0v) is 9.96. The van der Waals surface area contributed by atoms with E-state index in [1.807, 2.05) is 24.8 Å². The van der Waals surface area contributed by atoms with Gasteiger partial charge < -0.3 is 9.47 Å². The van der Waals surface area contributed by atoms with Gasteiger partial charge in [-0.3, -0.25) is 0 Å². The third-order valence-electron chi connectivity index (χ3n) is 1.82. The summed E-state index contributed by atoms with van der Waals surface area (Å²) in [5, 5.41) is 0. The highest BCUT2D eigenvalue weighted by Gasteiger charge is 1.92. The fraction of sp³-hybridized carbons (Fsp3) is 0.500. The standard InChI is InChI=1S/C12H18O2S/c1-2-13-8-9-14-10-11-15-12-6-4-3-5-7-12/h3-7H,2,8-11H2,1H3. The molecule has 15 heavy (non-hydrogen) atoms. The Labute approximate surface area is 96.0 Å². The topological polar surface area (TPSA) is 18.5 Å². The number of benzene rings is 1. The summed E-state index contributed by atoms with van der Waals surface area (Å²) in [5.41, 5.74) is 0. The van der Waals surface area contributed by atoms with Gasteiger partial charge in [-0.15, -0.1) is 11.8 Å². The molecule has 0 saturated carbocycles. The third-order valence-corrected chi connectivity index (χ3v) is 2.79. The molecular formula is C12H18O2S. The summed E-state index contributed by atoms with van der Waals surface area (Å²) in [5.74, 6) is 0.996. The van der Waals surface area contributed by atoms with Gasteiger partial charge in [0.1, 0.15) is 0 Å². The molecule has 84 valence electrons. The number of hydrogen-bond acceptors (Lipinski definition) is 3. The molecule has 0 aliphatic carbocycles. The van der Waals surface area contributed by atoms with Crippen molar-refractivity contribution in [1.82, 2.24) is 0 Å². The van der Waals surface area contributed by atoms with Gasteiger partial charge in [0.05, 0.1) is 19.8 Å². The van der Waals surface area contributed by atoms with E-state index in [1.165, 1.54) is 4.90 Å². The second-order valence-corrected chi connectivity index (χ2v) is 4.14. The molecule has 0 bridgehead atoms. The molecule has 0 fully saturated rings. The average molecular weight is 226 g/mol. The zero-order valence-electron chi connectivity index (χ0n) is 9.15. The third kappa shape index (κ3) is 6.55. The van der Waals surface area contributed by atoms with Crippen molar-refractivity contribution < 1.29 is 9.47 Å². The molecule has 0 atom stereocenters. The van der Waals surface area contributed by atoms with Crippen molar-refractivity contribution in [3.8, 4) is 0 Å². The lowest BCUT2D eigenvalue weighted by Crippen LogP contribution is -2.06. The van der Waals surface area contributed by atoms with Crippen LogP contribution in [0.4, 0.5) is 0 Å². The molecule has 0 aliphatic rings. The van der Waals surface area contributed by atoms with Crippen molar-refractivity contribution in [2.75, 3.05) is 32.2 Å². The first-order valence-corrected chi connectivity index (χ1v) is 6.25. The average Bonchev–Trinajstić information content (AvgIpc) is 2.29. The predicted molar refractivity (Wildman–Crippen MR) is 64.5 cm³/mol. The number of ether oxygens (including phenoxy) is 2. The van der Waals surface area contributed by atoms with Crippen LogP contribution in [-0.2, 0) is 9.47 Å². The fourth-order valence-corrected chi connectivity index (χ4v) is 1.89. The van der Waals surface area contributed by atoms with Gasteiger partial charge in [-0.2, -0.15) is 0 Å². The molecular weight excluding hydrogens is 208 g/mol. The Kier molecular flexibility index (Phi) is 7.34. The molecule has 0 N–H and O–H groups in total. The molecule has 0 unspecified atom stereocenters. The lowest BCUT2D eigenvalue weighted by Gasteiger charge is -2.04. The van der Waals surface area contributed by atoms with Crippen molar-refractivity contribution in [3.63, 3.8) is 0 Å². The van der Waals surface area contributed by atoms with Gasteiger partial charge in [-0.05, 0) is 19.1 Å². The van der Waals surface area contributed by atoms with Crippen molar-refractivity contribution in [1.29, 1.82) is 0 Å². The lowest BCUT2D eigenvalue weighted by atomic mass is 10.4. The van der Waals surface area contributed by atoms with E-state index < -0.39 is 0 Å². The van der Waals surface area contributed by atoms with Gasteiger partial charge in [-0.25, -0.2) is 0 Å². The maximum Gasteiger partial charge on any atom is 0.0700 e. The summed E-state index contributed by atoms with van der Waals surface area (Å²) in [6.45, 7) is 4.94. The maximum absolute atomic E-state index is 5.41. The maximum atomic E-state index is 5.41. The normalized spacial score (nSPS) is 10.5. The zero-order chi connectivity index (χ0) is 10.8. The second-order valence-electron chi connectivity index (χ2n) is 2.97. The van der Waals surface area contributed by atoms with E-state index in [4.69, 9.17) is 9.47 Å². The fourth-order valence-electron chi connectivity index (χ4n) is 1.10. The Balaban J connectivity index is 1.93. The minimum atomic E-state index is 0.698. The minimum absolute atomic E-state index is 0.698. The Morgan fingerprint density at radius 2 is 1.73 bits per heavy atom. The quantitative estimate of drug-likeness (QED) is 0.501. The van der Waals surface area contributed by atoms with E-state index in [2.05, 4.69) is 24.3 Å². The van der Waals surface area contributed by atoms with E-state index in [-0.39, 0.29) is 0 Å². The Morgan fingerprint density at radius 1 is 1.00 bits per heavy atom. The SMILES string of the molecule is CCOCCOCCSc1ccccc1. The van der Waals surface area contributed by atoms with Crippen molar-refractivity contribution in [2.24, 2.45) is 0 Å². The molecule has 0 heterocycles. The molecule has 0 aromatic heterocycles. The molecule has 0 amide bonds. The van der Waals surface area contributed by atoms with Gasteiger partial charge in [0.2, 0.25) is 0 Å². The molecule has 1 aromatic rings. The first-order valence-electron chi connectivity index (χ1n) is 5.27. The molecule has 0 spiro atoms. The molecule has 0 saturated heterocycles. The van der Waals surface area contributed by atoms with Crippen LogP contribution < -0.4 is 0 Å². The number of rotatable bonds is 8. The molecule has 3 heteroatoms. The van der Waals surface area contributed by atoms with Crippen LogP contribution in [0.3, 0.4) is 0 Å².